The van der Waals surface area contributed by atoms with E-state index in [0.29, 0.717) is 18.5 Å². The maximum Gasteiger partial charge on any atom is 0.0635 e. The second-order valence-electron chi connectivity index (χ2n) is 4.63. The number of hydrogen-bond donors (Lipinski definition) is 1. The molecule has 1 aliphatic carbocycles. The first-order valence-corrected chi connectivity index (χ1v) is 6.05. The lowest BCUT2D eigenvalue weighted by atomic mass is 9.86. The van der Waals surface area contributed by atoms with Crippen molar-refractivity contribution in [2.45, 2.75) is 37.9 Å². The fraction of sp³-hybridized carbons (Fsp3) is 0.538. The largest absolute Gasteiger partial charge is 0.328 e. The average molecular weight is 230 g/mol. The van der Waals surface area contributed by atoms with Gasteiger partial charge in [-0.2, -0.15) is 5.26 Å². The SMILES string of the molecule is N#CCCN(Cc1cccnc1)C1CC(N)C1. The van der Waals surface area contributed by atoms with Crippen LogP contribution in [0, 0.1) is 11.3 Å². The smallest absolute Gasteiger partial charge is 0.0635 e. The highest BCUT2D eigenvalue weighted by atomic mass is 15.2. The van der Waals surface area contributed by atoms with Crippen LogP contribution < -0.4 is 5.73 Å². The van der Waals surface area contributed by atoms with Gasteiger partial charge < -0.3 is 5.73 Å². The first kappa shape index (κ1) is 12.0. The minimum atomic E-state index is 0.346. The molecule has 0 spiro atoms. The number of hydrogen-bond acceptors (Lipinski definition) is 4. The Labute approximate surface area is 102 Å². The lowest BCUT2D eigenvalue weighted by Gasteiger charge is -2.41. The van der Waals surface area contributed by atoms with Crippen LogP contribution in [0.15, 0.2) is 24.5 Å². The van der Waals surface area contributed by atoms with E-state index in [1.165, 1.54) is 5.56 Å². The molecule has 90 valence electrons. The summed E-state index contributed by atoms with van der Waals surface area (Å²) in [5, 5.41) is 8.69. The summed E-state index contributed by atoms with van der Waals surface area (Å²) in [6, 6.07) is 7.12. The molecule has 0 atom stereocenters. The van der Waals surface area contributed by atoms with E-state index in [0.717, 1.165) is 25.9 Å². The third kappa shape index (κ3) is 3.26. The van der Waals surface area contributed by atoms with Gasteiger partial charge in [0.2, 0.25) is 0 Å². The third-order valence-corrected chi connectivity index (χ3v) is 3.29. The molecule has 1 aromatic heterocycles. The summed E-state index contributed by atoms with van der Waals surface area (Å²) in [5.41, 5.74) is 7.02. The zero-order chi connectivity index (χ0) is 12.1. The van der Waals surface area contributed by atoms with Crippen LogP contribution >= 0.6 is 0 Å². The average Bonchev–Trinajstić information content (AvgIpc) is 2.32. The van der Waals surface area contributed by atoms with Crippen LogP contribution in [0.4, 0.5) is 0 Å². The minimum Gasteiger partial charge on any atom is -0.328 e. The molecule has 4 heteroatoms. The van der Waals surface area contributed by atoms with Gasteiger partial charge in [-0.3, -0.25) is 9.88 Å². The molecule has 1 aliphatic rings. The van der Waals surface area contributed by atoms with Gasteiger partial charge in [0, 0.05) is 44.0 Å². The molecule has 1 heterocycles. The van der Waals surface area contributed by atoms with Crippen LogP contribution in [-0.4, -0.2) is 28.5 Å². The number of nitrogens with two attached hydrogens (primary N) is 1. The molecular weight excluding hydrogens is 212 g/mol. The highest BCUT2D eigenvalue weighted by Crippen LogP contribution is 2.25. The summed E-state index contributed by atoms with van der Waals surface area (Å²) < 4.78 is 0. The molecule has 1 saturated carbocycles. The van der Waals surface area contributed by atoms with Crippen molar-refractivity contribution in [1.82, 2.24) is 9.88 Å². The van der Waals surface area contributed by atoms with E-state index in [1.807, 2.05) is 12.3 Å². The highest BCUT2D eigenvalue weighted by Gasteiger charge is 2.30. The normalized spacial score (nSPS) is 23.1. The topological polar surface area (TPSA) is 65.9 Å². The van der Waals surface area contributed by atoms with Crippen LogP contribution in [0.3, 0.4) is 0 Å². The van der Waals surface area contributed by atoms with Gasteiger partial charge in [0.1, 0.15) is 0 Å². The number of nitrogens with zero attached hydrogens (tertiary/aromatic N) is 3. The molecule has 4 nitrogen and oxygen atoms in total. The quantitative estimate of drug-likeness (QED) is 0.827. The van der Waals surface area contributed by atoms with Gasteiger partial charge in [0.05, 0.1) is 6.07 Å². The second kappa shape index (κ2) is 5.76. The predicted octanol–water partition coefficient (Wildman–Crippen LogP) is 1.29. The molecule has 1 aromatic rings. The van der Waals surface area contributed by atoms with Crippen molar-refractivity contribution < 1.29 is 0 Å². The molecule has 2 N–H and O–H groups in total. The Morgan fingerprint density at radius 3 is 2.94 bits per heavy atom. The lowest BCUT2D eigenvalue weighted by Crippen LogP contribution is -2.50. The zero-order valence-electron chi connectivity index (χ0n) is 9.92. The summed E-state index contributed by atoms with van der Waals surface area (Å²) in [6.07, 6.45) is 6.34. The van der Waals surface area contributed by atoms with E-state index in [4.69, 9.17) is 11.0 Å². The van der Waals surface area contributed by atoms with Crippen molar-refractivity contribution in [1.29, 1.82) is 5.26 Å². The first-order chi connectivity index (χ1) is 8.29. The Kier molecular flexibility index (Phi) is 4.08. The van der Waals surface area contributed by atoms with Crippen LogP contribution in [0.2, 0.25) is 0 Å². The Hall–Kier alpha value is -1.44. The number of aromatic nitrogens is 1. The summed E-state index contributed by atoms with van der Waals surface area (Å²) in [4.78, 5) is 6.47. The van der Waals surface area contributed by atoms with Gasteiger partial charge in [-0.25, -0.2) is 0 Å². The predicted molar refractivity (Wildman–Crippen MR) is 65.9 cm³/mol. The standard InChI is InChI=1S/C13H18N4/c14-4-2-6-17(13-7-12(15)8-13)10-11-3-1-5-16-9-11/h1,3,5,9,12-13H,2,6-8,10,15H2. The monoisotopic (exact) mass is 230 g/mol. The molecule has 0 radical (unpaired) electrons. The van der Waals surface area contributed by atoms with Crippen LogP contribution in [0.5, 0.6) is 0 Å². The second-order valence-corrected chi connectivity index (χ2v) is 4.63. The van der Waals surface area contributed by atoms with E-state index in [2.05, 4.69) is 22.0 Å². The van der Waals surface area contributed by atoms with E-state index in [-0.39, 0.29) is 0 Å². The van der Waals surface area contributed by atoms with Gasteiger partial charge in [-0.15, -0.1) is 0 Å². The van der Waals surface area contributed by atoms with Crippen LogP contribution in [0.1, 0.15) is 24.8 Å². The van der Waals surface area contributed by atoms with Gasteiger partial charge >= 0.3 is 0 Å². The Balaban J connectivity index is 1.94. The molecule has 0 aromatic carbocycles. The number of nitriles is 1. The summed E-state index contributed by atoms with van der Waals surface area (Å²) in [5.74, 6) is 0. The van der Waals surface area contributed by atoms with E-state index >= 15 is 0 Å². The minimum absolute atomic E-state index is 0.346. The molecule has 2 rings (SSSR count). The molecule has 1 fully saturated rings. The van der Waals surface area contributed by atoms with Gasteiger partial charge in [-0.05, 0) is 24.5 Å². The van der Waals surface area contributed by atoms with Gasteiger partial charge in [0.25, 0.3) is 0 Å². The Morgan fingerprint density at radius 2 is 2.35 bits per heavy atom. The van der Waals surface area contributed by atoms with Crippen molar-refractivity contribution >= 4 is 0 Å². The van der Waals surface area contributed by atoms with E-state index in [1.54, 1.807) is 6.20 Å². The Morgan fingerprint density at radius 1 is 1.53 bits per heavy atom. The summed E-state index contributed by atoms with van der Waals surface area (Å²) >= 11 is 0. The van der Waals surface area contributed by atoms with Gasteiger partial charge in [0.15, 0.2) is 0 Å². The lowest BCUT2D eigenvalue weighted by molar-refractivity contribution is 0.105. The third-order valence-electron chi connectivity index (χ3n) is 3.29. The molecule has 0 aliphatic heterocycles. The molecule has 0 bridgehead atoms. The van der Waals surface area contributed by atoms with Crippen molar-refractivity contribution in [3.05, 3.63) is 30.1 Å². The van der Waals surface area contributed by atoms with Crippen molar-refractivity contribution in [2.24, 2.45) is 5.73 Å². The van der Waals surface area contributed by atoms with Crippen LogP contribution in [-0.2, 0) is 6.54 Å². The van der Waals surface area contributed by atoms with Gasteiger partial charge in [-0.1, -0.05) is 6.07 Å². The molecule has 0 unspecified atom stereocenters. The fourth-order valence-electron chi connectivity index (χ4n) is 2.24. The van der Waals surface area contributed by atoms with Crippen molar-refractivity contribution in [3.63, 3.8) is 0 Å². The Bertz CT molecular complexity index is 378. The fourth-order valence-corrected chi connectivity index (χ4v) is 2.24. The van der Waals surface area contributed by atoms with E-state index < -0.39 is 0 Å². The molecule has 0 saturated heterocycles. The van der Waals surface area contributed by atoms with Crippen LogP contribution in [0.25, 0.3) is 0 Å². The summed E-state index contributed by atoms with van der Waals surface area (Å²) in [7, 11) is 0. The first-order valence-electron chi connectivity index (χ1n) is 6.05. The number of pyridine rings is 1. The maximum absolute atomic E-state index is 8.69. The molecule has 0 amide bonds. The highest BCUT2D eigenvalue weighted by molar-refractivity contribution is 5.09. The summed E-state index contributed by atoms with van der Waals surface area (Å²) in [6.45, 7) is 1.69. The maximum atomic E-state index is 8.69. The zero-order valence-corrected chi connectivity index (χ0v) is 9.92. The van der Waals surface area contributed by atoms with Crippen molar-refractivity contribution in [3.8, 4) is 6.07 Å². The van der Waals surface area contributed by atoms with Crippen molar-refractivity contribution in [2.75, 3.05) is 6.54 Å². The van der Waals surface area contributed by atoms with E-state index in [9.17, 15) is 0 Å². The molecule has 17 heavy (non-hydrogen) atoms. The molecular formula is C13H18N4. The number of rotatable bonds is 5.